The maximum absolute atomic E-state index is 13.2. The monoisotopic (exact) mass is 468 g/mol. The van der Waals surface area contributed by atoms with Crippen molar-refractivity contribution in [3.05, 3.63) is 46.3 Å². The number of ether oxygens (including phenoxy) is 2. The first kappa shape index (κ1) is 23.9. The zero-order chi connectivity index (χ0) is 24.3. The second-order valence-electron chi connectivity index (χ2n) is 8.95. The van der Waals surface area contributed by atoms with Gasteiger partial charge < -0.3 is 20.1 Å². The van der Waals surface area contributed by atoms with Gasteiger partial charge >= 0.3 is 5.97 Å². The molecular formula is C25H32N4O5. The summed E-state index contributed by atoms with van der Waals surface area (Å²) in [4.78, 5) is 38.6. The Bertz CT molecular complexity index is 1100. The quantitative estimate of drug-likeness (QED) is 0.630. The van der Waals surface area contributed by atoms with Crippen molar-refractivity contribution in [2.45, 2.75) is 46.0 Å². The van der Waals surface area contributed by atoms with E-state index in [1.165, 1.54) is 0 Å². The molecule has 0 radical (unpaired) electrons. The van der Waals surface area contributed by atoms with Crippen LogP contribution in [0.25, 0.3) is 5.69 Å². The summed E-state index contributed by atoms with van der Waals surface area (Å²) in [5.41, 5.74) is 3.00. The highest BCUT2D eigenvalue weighted by molar-refractivity contribution is 6.01. The number of amides is 2. The van der Waals surface area contributed by atoms with Gasteiger partial charge in [0.2, 0.25) is 0 Å². The molecule has 9 nitrogen and oxygen atoms in total. The number of hydrogen-bond acceptors (Lipinski definition) is 6. The van der Waals surface area contributed by atoms with Crippen molar-refractivity contribution in [2.24, 2.45) is 5.41 Å². The van der Waals surface area contributed by atoms with E-state index in [0.29, 0.717) is 73.7 Å². The zero-order valence-corrected chi connectivity index (χ0v) is 20.0. The predicted molar refractivity (Wildman–Crippen MR) is 125 cm³/mol. The van der Waals surface area contributed by atoms with Crippen LogP contribution in [-0.4, -0.2) is 61.0 Å². The van der Waals surface area contributed by atoms with E-state index in [0.717, 1.165) is 18.5 Å². The number of benzene rings is 1. The van der Waals surface area contributed by atoms with Gasteiger partial charge in [-0.1, -0.05) is 13.8 Å². The minimum atomic E-state index is -0.459. The molecular weight excluding hydrogens is 436 g/mol. The molecule has 2 N–H and O–H groups in total. The van der Waals surface area contributed by atoms with Gasteiger partial charge in [-0.2, -0.15) is 5.10 Å². The Morgan fingerprint density at radius 3 is 2.71 bits per heavy atom. The molecule has 182 valence electrons. The van der Waals surface area contributed by atoms with E-state index in [-0.39, 0.29) is 17.2 Å². The van der Waals surface area contributed by atoms with Crippen LogP contribution in [0, 0.1) is 5.41 Å². The number of esters is 1. The Morgan fingerprint density at radius 2 is 2.03 bits per heavy atom. The summed E-state index contributed by atoms with van der Waals surface area (Å²) >= 11 is 0. The van der Waals surface area contributed by atoms with Crippen LogP contribution in [0.2, 0.25) is 0 Å². The van der Waals surface area contributed by atoms with Crippen LogP contribution in [0.15, 0.2) is 18.2 Å². The van der Waals surface area contributed by atoms with Gasteiger partial charge in [-0.15, -0.1) is 0 Å². The van der Waals surface area contributed by atoms with E-state index in [9.17, 15) is 14.4 Å². The smallest absolute Gasteiger partial charge is 0.338 e. The number of aryl methyl sites for hydroxylation is 1. The van der Waals surface area contributed by atoms with Crippen LogP contribution >= 0.6 is 0 Å². The summed E-state index contributed by atoms with van der Waals surface area (Å²) in [6.07, 6.45) is 3.54. The summed E-state index contributed by atoms with van der Waals surface area (Å²) < 4.78 is 12.6. The molecule has 9 heteroatoms. The molecule has 0 aliphatic carbocycles. The summed E-state index contributed by atoms with van der Waals surface area (Å²) in [5.74, 6) is -0.912. The number of nitrogens with one attached hydrogen (secondary N) is 2. The lowest BCUT2D eigenvalue weighted by molar-refractivity contribution is 0.0155. The molecule has 2 aromatic rings. The van der Waals surface area contributed by atoms with Crippen LogP contribution in [0.5, 0.6) is 0 Å². The molecule has 0 saturated carbocycles. The standard InChI is InChI=1S/C25H32N4O5/c1-4-10-34-24(32)16-6-7-17(22(30)26-3)19(13-16)29-20-14-25(8-11-33-12-9-25)15-27-23(31)21(20)18(5-2)28-29/h6-7,13H,4-5,8-12,14-15H2,1-3H3,(H,26,30)(H,27,31). The van der Waals surface area contributed by atoms with E-state index in [2.05, 4.69) is 10.6 Å². The van der Waals surface area contributed by atoms with Gasteiger partial charge in [-0.05, 0) is 55.7 Å². The molecule has 0 bridgehead atoms. The lowest BCUT2D eigenvalue weighted by Crippen LogP contribution is -2.40. The molecule has 1 saturated heterocycles. The average Bonchev–Trinajstić information content (AvgIpc) is 3.16. The van der Waals surface area contributed by atoms with Crippen LogP contribution in [-0.2, 0) is 22.3 Å². The molecule has 1 aromatic heterocycles. The number of carbonyl (C=O) groups excluding carboxylic acids is 3. The zero-order valence-electron chi connectivity index (χ0n) is 20.0. The Labute approximate surface area is 199 Å². The fourth-order valence-electron chi connectivity index (χ4n) is 4.75. The maximum atomic E-state index is 13.2. The fraction of sp³-hybridized carbons (Fsp3) is 0.520. The second-order valence-corrected chi connectivity index (χ2v) is 8.95. The first-order chi connectivity index (χ1) is 16.4. The van der Waals surface area contributed by atoms with Gasteiger partial charge in [-0.25, -0.2) is 9.48 Å². The third-order valence-corrected chi connectivity index (χ3v) is 6.71. The van der Waals surface area contributed by atoms with Crippen molar-refractivity contribution in [3.8, 4) is 5.69 Å². The number of hydrogen-bond donors (Lipinski definition) is 2. The van der Waals surface area contributed by atoms with Crippen molar-refractivity contribution < 1.29 is 23.9 Å². The van der Waals surface area contributed by atoms with Crippen molar-refractivity contribution in [1.82, 2.24) is 20.4 Å². The molecule has 0 atom stereocenters. The molecule has 2 aliphatic rings. The first-order valence-electron chi connectivity index (χ1n) is 11.9. The molecule has 2 amide bonds. The Balaban J connectivity index is 1.89. The lowest BCUT2D eigenvalue weighted by Gasteiger charge is -2.36. The SMILES string of the molecule is CCCOC(=O)c1ccc(C(=O)NC)c(-n2nc(CC)c3c2CC2(CCOCC2)CNC3=O)c1. The lowest BCUT2D eigenvalue weighted by atomic mass is 9.76. The van der Waals surface area contributed by atoms with Crippen LogP contribution < -0.4 is 10.6 Å². The molecule has 0 unspecified atom stereocenters. The first-order valence-corrected chi connectivity index (χ1v) is 11.9. The highest BCUT2D eigenvalue weighted by atomic mass is 16.5. The van der Waals surface area contributed by atoms with E-state index < -0.39 is 5.97 Å². The molecule has 4 rings (SSSR count). The number of fused-ring (bicyclic) bond motifs is 1. The third-order valence-electron chi connectivity index (χ3n) is 6.71. The summed E-state index contributed by atoms with van der Waals surface area (Å²) in [6, 6.07) is 4.83. The number of nitrogens with zero attached hydrogens (tertiary/aromatic N) is 2. The van der Waals surface area contributed by atoms with Crippen molar-refractivity contribution >= 4 is 17.8 Å². The van der Waals surface area contributed by atoms with Crippen LogP contribution in [0.3, 0.4) is 0 Å². The molecule has 3 heterocycles. The number of rotatable bonds is 6. The molecule has 2 aliphatic heterocycles. The van der Waals surface area contributed by atoms with Crippen molar-refractivity contribution in [3.63, 3.8) is 0 Å². The normalized spacial score (nSPS) is 17.0. The summed E-state index contributed by atoms with van der Waals surface area (Å²) in [7, 11) is 1.56. The maximum Gasteiger partial charge on any atom is 0.338 e. The summed E-state index contributed by atoms with van der Waals surface area (Å²) in [6.45, 7) is 6.04. The van der Waals surface area contributed by atoms with Gasteiger partial charge in [-0.3, -0.25) is 9.59 Å². The van der Waals surface area contributed by atoms with E-state index in [4.69, 9.17) is 14.6 Å². The Kier molecular flexibility index (Phi) is 7.02. The topological polar surface area (TPSA) is 112 Å². The van der Waals surface area contributed by atoms with Crippen molar-refractivity contribution in [1.29, 1.82) is 0 Å². The second kappa shape index (κ2) is 9.97. The van der Waals surface area contributed by atoms with E-state index >= 15 is 0 Å². The van der Waals surface area contributed by atoms with Gasteiger partial charge in [0.05, 0.1) is 40.4 Å². The molecule has 1 fully saturated rings. The predicted octanol–water partition coefficient (Wildman–Crippen LogP) is 2.44. The van der Waals surface area contributed by atoms with Crippen molar-refractivity contribution in [2.75, 3.05) is 33.4 Å². The highest BCUT2D eigenvalue weighted by Gasteiger charge is 2.40. The minimum Gasteiger partial charge on any atom is -0.462 e. The van der Waals surface area contributed by atoms with Crippen LogP contribution in [0.1, 0.15) is 75.6 Å². The van der Waals surface area contributed by atoms with Gasteiger partial charge in [0.25, 0.3) is 11.8 Å². The Hall–Kier alpha value is -3.20. The number of carbonyl (C=O) groups is 3. The summed E-state index contributed by atoms with van der Waals surface area (Å²) in [5, 5.41) is 10.5. The third kappa shape index (κ3) is 4.44. The number of aromatic nitrogens is 2. The molecule has 1 aromatic carbocycles. The van der Waals surface area contributed by atoms with Gasteiger partial charge in [0.15, 0.2) is 0 Å². The van der Waals surface area contributed by atoms with Crippen LogP contribution in [0.4, 0.5) is 0 Å². The molecule has 34 heavy (non-hydrogen) atoms. The largest absolute Gasteiger partial charge is 0.462 e. The minimum absolute atomic E-state index is 0.146. The fourth-order valence-corrected chi connectivity index (χ4v) is 4.75. The van der Waals surface area contributed by atoms with E-state index in [1.807, 2.05) is 13.8 Å². The van der Waals surface area contributed by atoms with Gasteiger partial charge in [0, 0.05) is 26.8 Å². The van der Waals surface area contributed by atoms with Gasteiger partial charge in [0.1, 0.15) is 0 Å². The Morgan fingerprint density at radius 1 is 1.26 bits per heavy atom. The van der Waals surface area contributed by atoms with E-state index in [1.54, 1.807) is 29.9 Å². The highest BCUT2D eigenvalue weighted by Crippen LogP contribution is 2.38. The average molecular weight is 469 g/mol. The molecule has 1 spiro atoms.